The Morgan fingerprint density at radius 1 is 1.14 bits per heavy atom. The maximum absolute atomic E-state index is 5.82. The molecular weight excluding hydrogens is 174 g/mol. The van der Waals surface area contributed by atoms with E-state index >= 15 is 0 Å². The summed E-state index contributed by atoms with van der Waals surface area (Å²) in [6.07, 6.45) is 9.72. The van der Waals surface area contributed by atoms with Gasteiger partial charge >= 0.3 is 0 Å². The van der Waals surface area contributed by atoms with E-state index in [1.54, 1.807) is 0 Å². The first-order valence-electron chi connectivity index (χ1n) is 6.26. The van der Waals surface area contributed by atoms with Gasteiger partial charge < -0.3 is 10.1 Å². The summed E-state index contributed by atoms with van der Waals surface area (Å²) in [7, 11) is 0. The molecule has 0 spiro atoms. The highest BCUT2D eigenvalue weighted by atomic mass is 16.5. The van der Waals surface area contributed by atoms with Crippen LogP contribution >= 0.6 is 0 Å². The third-order valence-corrected chi connectivity index (χ3v) is 2.83. The summed E-state index contributed by atoms with van der Waals surface area (Å²) >= 11 is 0. The van der Waals surface area contributed by atoms with E-state index in [4.69, 9.17) is 4.74 Å². The highest BCUT2D eigenvalue weighted by Crippen LogP contribution is 2.20. The van der Waals surface area contributed by atoms with Crippen LogP contribution in [0.2, 0.25) is 0 Å². The van der Waals surface area contributed by atoms with E-state index in [1.807, 2.05) is 0 Å². The predicted octanol–water partition coefficient (Wildman–Crippen LogP) is 2.73. The molecule has 0 saturated heterocycles. The Morgan fingerprint density at radius 3 is 2.64 bits per heavy atom. The molecule has 1 aliphatic rings. The van der Waals surface area contributed by atoms with Crippen molar-refractivity contribution in [3.63, 3.8) is 0 Å². The summed E-state index contributed by atoms with van der Waals surface area (Å²) in [6.45, 7) is 5.40. The fraction of sp³-hybridized carbons (Fsp3) is 1.00. The van der Waals surface area contributed by atoms with Gasteiger partial charge in [-0.1, -0.05) is 26.2 Å². The molecule has 2 nitrogen and oxygen atoms in total. The molecule has 0 aliphatic heterocycles. The SMILES string of the molecule is CCCNCCCOC1CCCCC1. The first-order valence-corrected chi connectivity index (χ1v) is 6.26. The van der Waals surface area contributed by atoms with Crippen LogP contribution in [-0.4, -0.2) is 25.8 Å². The maximum Gasteiger partial charge on any atom is 0.0575 e. The predicted molar refractivity (Wildman–Crippen MR) is 60.6 cm³/mol. The Kier molecular flexibility index (Phi) is 7.06. The van der Waals surface area contributed by atoms with E-state index in [9.17, 15) is 0 Å². The zero-order valence-electron chi connectivity index (χ0n) is 9.56. The van der Waals surface area contributed by atoms with Crippen molar-refractivity contribution in [3.05, 3.63) is 0 Å². The molecule has 0 bridgehead atoms. The van der Waals surface area contributed by atoms with Crippen LogP contribution in [-0.2, 0) is 4.74 Å². The molecule has 14 heavy (non-hydrogen) atoms. The van der Waals surface area contributed by atoms with Crippen molar-refractivity contribution >= 4 is 0 Å². The molecule has 1 saturated carbocycles. The Bertz CT molecular complexity index is 121. The van der Waals surface area contributed by atoms with Crippen molar-refractivity contribution in [1.82, 2.24) is 5.32 Å². The molecule has 1 rings (SSSR count). The molecule has 0 heterocycles. The van der Waals surface area contributed by atoms with Crippen molar-refractivity contribution in [2.75, 3.05) is 19.7 Å². The Morgan fingerprint density at radius 2 is 1.93 bits per heavy atom. The minimum Gasteiger partial charge on any atom is -0.378 e. The van der Waals surface area contributed by atoms with Crippen LogP contribution in [0.1, 0.15) is 51.9 Å². The summed E-state index contributed by atoms with van der Waals surface area (Å²) in [4.78, 5) is 0. The zero-order valence-corrected chi connectivity index (χ0v) is 9.56. The molecule has 0 atom stereocenters. The monoisotopic (exact) mass is 199 g/mol. The lowest BCUT2D eigenvalue weighted by Crippen LogP contribution is -2.21. The summed E-state index contributed by atoms with van der Waals surface area (Å²) < 4.78 is 5.82. The average molecular weight is 199 g/mol. The third kappa shape index (κ3) is 5.61. The highest BCUT2D eigenvalue weighted by molar-refractivity contribution is 4.65. The fourth-order valence-electron chi connectivity index (χ4n) is 1.98. The summed E-state index contributed by atoms with van der Waals surface area (Å²) in [5.41, 5.74) is 0. The third-order valence-electron chi connectivity index (χ3n) is 2.83. The van der Waals surface area contributed by atoms with Gasteiger partial charge in [-0.3, -0.25) is 0 Å². The number of nitrogens with one attached hydrogen (secondary N) is 1. The maximum atomic E-state index is 5.82. The van der Waals surface area contributed by atoms with Crippen LogP contribution in [0.25, 0.3) is 0 Å². The summed E-state index contributed by atoms with van der Waals surface area (Å²) in [6, 6.07) is 0. The number of ether oxygens (including phenoxy) is 1. The van der Waals surface area contributed by atoms with Gasteiger partial charge in [0.2, 0.25) is 0 Å². The number of rotatable bonds is 7. The first kappa shape index (κ1) is 12.0. The molecule has 1 aliphatic carbocycles. The van der Waals surface area contributed by atoms with E-state index in [0.717, 1.165) is 26.1 Å². The van der Waals surface area contributed by atoms with Gasteiger partial charge in [-0.2, -0.15) is 0 Å². The Balaban J connectivity index is 1.82. The second-order valence-corrected chi connectivity index (χ2v) is 4.23. The van der Waals surface area contributed by atoms with Gasteiger partial charge in [-0.25, -0.2) is 0 Å². The van der Waals surface area contributed by atoms with Gasteiger partial charge in [0.1, 0.15) is 0 Å². The molecule has 0 amide bonds. The summed E-state index contributed by atoms with van der Waals surface area (Å²) in [5, 5.41) is 3.39. The van der Waals surface area contributed by atoms with Crippen LogP contribution in [0.15, 0.2) is 0 Å². The van der Waals surface area contributed by atoms with E-state index < -0.39 is 0 Å². The second kappa shape index (κ2) is 8.25. The lowest BCUT2D eigenvalue weighted by atomic mass is 9.98. The average Bonchev–Trinajstić information content (AvgIpc) is 2.25. The lowest BCUT2D eigenvalue weighted by molar-refractivity contribution is 0.0273. The van der Waals surface area contributed by atoms with Crippen LogP contribution in [0.5, 0.6) is 0 Å². The van der Waals surface area contributed by atoms with Gasteiger partial charge in [0.15, 0.2) is 0 Å². The zero-order chi connectivity index (χ0) is 10.1. The quantitative estimate of drug-likeness (QED) is 0.637. The normalized spacial score (nSPS) is 18.6. The molecule has 0 radical (unpaired) electrons. The molecule has 84 valence electrons. The standard InChI is InChI=1S/C12H25NO/c1-2-9-13-10-6-11-14-12-7-4-3-5-8-12/h12-13H,2-11H2,1H3. The van der Waals surface area contributed by atoms with Gasteiger partial charge in [0.25, 0.3) is 0 Å². The van der Waals surface area contributed by atoms with Crippen LogP contribution in [0.3, 0.4) is 0 Å². The Labute approximate surface area is 88.4 Å². The molecule has 0 aromatic heterocycles. The van der Waals surface area contributed by atoms with Crippen molar-refractivity contribution in [3.8, 4) is 0 Å². The minimum absolute atomic E-state index is 0.579. The minimum atomic E-state index is 0.579. The van der Waals surface area contributed by atoms with Crippen LogP contribution in [0.4, 0.5) is 0 Å². The van der Waals surface area contributed by atoms with E-state index in [1.165, 1.54) is 38.5 Å². The molecule has 1 fully saturated rings. The molecule has 0 unspecified atom stereocenters. The van der Waals surface area contributed by atoms with E-state index in [0.29, 0.717) is 6.10 Å². The van der Waals surface area contributed by atoms with Crippen molar-refractivity contribution in [2.24, 2.45) is 0 Å². The van der Waals surface area contributed by atoms with E-state index in [-0.39, 0.29) is 0 Å². The van der Waals surface area contributed by atoms with Gasteiger partial charge in [0.05, 0.1) is 6.10 Å². The summed E-state index contributed by atoms with van der Waals surface area (Å²) in [5.74, 6) is 0. The van der Waals surface area contributed by atoms with Crippen LogP contribution < -0.4 is 5.32 Å². The molecule has 2 heteroatoms. The smallest absolute Gasteiger partial charge is 0.0575 e. The first-order chi connectivity index (χ1) is 6.93. The highest BCUT2D eigenvalue weighted by Gasteiger charge is 2.12. The van der Waals surface area contributed by atoms with Gasteiger partial charge in [-0.05, 0) is 38.8 Å². The van der Waals surface area contributed by atoms with Crippen molar-refractivity contribution < 1.29 is 4.74 Å². The van der Waals surface area contributed by atoms with Crippen LogP contribution in [0, 0.1) is 0 Å². The van der Waals surface area contributed by atoms with Crippen molar-refractivity contribution in [1.29, 1.82) is 0 Å². The second-order valence-electron chi connectivity index (χ2n) is 4.23. The fourth-order valence-corrected chi connectivity index (χ4v) is 1.98. The lowest BCUT2D eigenvalue weighted by Gasteiger charge is -2.21. The Hall–Kier alpha value is -0.0800. The molecule has 1 N–H and O–H groups in total. The largest absolute Gasteiger partial charge is 0.378 e. The number of hydrogen-bond donors (Lipinski definition) is 1. The molecule has 0 aromatic rings. The van der Waals surface area contributed by atoms with Crippen molar-refractivity contribution in [2.45, 2.75) is 58.0 Å². The molecule has 0 aromatic carbocycles. The van der Waals surface area contributed by atoms with E-state index in [2.05, 4.69) is 12.2 Å². The van der Waals surface area contributed by atoms with Gasteiger partial charge in [0, 0.05) is 6.61 Å². The topological polar surface area (TPSA) is 21.3 Å². The number of hydrogen-bond acceptors (Lipinski definition) is 2. The molecular formula is C12H25NO. The van der Waals surface area contributed by atoms with Gasteiger partial charge in [-0.15, -0.1) is 0 Å².